The molecule has 1 saturated carbocycles. The van der Waals surface area contributed by atoms with E-state index in [1.54, 1.807) is 0 Å². The average Bonchev–Trinajstić information content (AvgIpc) is 3.06. The summed E-state index contributed by atoms with van der Waals surface area (Å²) in [6.07, 6.45) is 7.79. The van der Waals surface area contributed by atoms with Crippen molar-refractivity contribution in [3.8, 4) is 0 Å². The van der Waals surface area contributed by atoms with Gasteiger partial charge in [-0.1, -0.05) is 18.6 Å². The number of nitrogens with zero attached hydrogens (tertiary/aromatic N) is 1. The molecule has 1 aromatic carbocycles. The highest BCUT2D eigenvalue weighted by Crippen LogP contribution is 2.38. The van der Waals surface area contributed by atoms with Crippen molar-refractivity contribution < 1.29 is 0 Å². The Balaban J connectivity index is 1.56. The van der Waals surface area contributed by atoms with Crippen LogP contribution in [0, 0.1) is 5.92 Å². The third kappa shape index (κ3) is 1.67. The molecule has 18 heavy (non-hydrogen) atoms. The third-order valence-electron chi connectivity index (χ3n) is 4.88. The summed E-state index contributed by atoms with van der Waals surface area (Å²) in [4.78, 5) is 6.02. The standard InChI is InChI=1S/C16H20N2/c1-2-14-7-9-18(16(14)3-1)11-12-4-5-13-6-8-17-15(13)10-12/h4-6,8,10,14,16-17H,1-3,7,9,11H2/t14-,16-/m1/s1. The molecule has 1 N–H and O–H groups in total. The van der Waals surface area contributed by atoms with E-state index in [0.29, 0.717) is 0 Å². The maximum absolute atomic E-state index is 3.31. The summed E-state index contributed by atoms with van der Waals surface area (Å²) in [5.41, 5.74) is 2.73. The SMILES string of the molecule is c1cc2ccc(CN3CC[C@H]4CCC[C@H]43)cc2[nH]1. The summed E-state index contributed by atoms with van der Waals surface area (Å²) in [5, 5.41) is 1.32. The van der Waals surface area contributed by atoms with Gasteiger partial charge >= 0.3 is 0 Å². The molecule has 2 aliphatic rings. The van der Waals surface area contributed by atoms with Crippen molar-refractivity contribution in [2.24, 2.45) is 5.92 Å². The lowest BCUT2D eigenvalue weighted by Gasteiger charge is -2.23. The Morgan fingerprint density at radius 1 is 1.17 bits per heavy atom. The molecule has 2 fully saturated rings. The molecule has 2 atom stereocenters. The van der Waals surface area contributed by atoms with Crippen LogP contribution in [0.4, 0.5) is 0 Å². The van der Waals surface area contributed by atoms with Gasteiger partial charge in [-0.05, 0) is 54.8 Å². The molecule has 1 aromatic heterocycles. The van der Waals surface area contributed by atoms with Crippen molar-refractivity contribution in [1.29, 1.82) is 0 Å². The molecule has 0 spiro atoms. The summed E-state index contributed by atoms with van der Waals surface area (Å²) in [6.45, 7) is 2.44. The number of hydrogen-bond acceptors (Lipinski definition) is 1. The van der Waals surface area contributed by atoms with Crippen molar-refractivity contribution in [3.63, 3.8) is 0 Å². The van der Waals surface area contributed by atoms with E-state index >= 15 is 0 Å². The summed E-state index contributed by atoms with van der Waals surface area (Å²) >= 11 is 0. The first-order valence-electron chi connectivity index (χ1n) is 7.20. The van der Waals surface area contributed by atoms with Crippen LogP contribution in [0.1, 0.15) is 31.2 Å². The van der Waals surface area contributed by atoms with E-state index in [0.717, 1.165) is 18.5 Å². The van der Waals surface area contributed by atoms with Crippen LogP contribution in [-0.2, 0) is 6.54 Å². The Morgan fingerprint density at radius 2 is 2.17 bits per heavy atom. The second-order valence-electron chi connectivity index (χ2n) is 5.92. The number of likely N-dealkylation sites (tertiary alicyclic amines) is 1. The number of rotatable bonds is 2. The molecule has 0 unspecified atom stereocenters. The molecular weight excluding hydrogens is 220 g/mol. The molecule has 4 rings (SSSR count). The van der Waals surface area contributed by atoms with E-state index in [1.165, 1.54) is 48.7 Å². The number of nitrogens with one attached hydrogen (secondary N) is 1. The summed E-state index contributed by atoms with van der Waals surface area (Å²) in [5.74, 6) is 0.999. The van der Waals surface area contributed by atoms with Gasteiger partial charge in [-0.15, -0.1) is 0 Å². The zero-order chi connectivity index (χ0) is 11.9. The summed E-state index contributed by atoms with van der Waals surface area (Å²) in [6, 6.07) is 9.87. The van der Waals surface area contributed by atoms with Crippen LogP contribution in [0.5, 0.6) is 0 Å². The van der Waals surface area contributed by atoms with E-state index in [4.69, 9.17) is 0 Å². The van der Waals surface area contributed by atoms with Gasteiger partial charge in [0.15, 0.2) is 0 Å². The van der Waals surface area contributed by atoms with Gasteiger partial charge in [0.25, 0.3) is 0 Å². The Kier molecular flexibility index (Phi) is 2.44. The van der Waals surface area contributed by atoms with Crippen molar-refractivity contribution in [2.75, 3.05) is 6.54 Å². The van der Waals surface area contributed by atoms with Crippen LogP contribution in [0.3, 0.4) is 0 Å². The van der Waals surface area contributed by atoms with Crippen molar-refractivity contribution in [3.05, 3.63) is 36.0 Å². The normalized spacial score (nSPS) is 28.0. The highest BCUT2D eigenvalue weighted by atomic mass is 15.2. The first-order chi connectivity index (χ1) is 8.90. The van der Waals surface area contributed by atoms with Crippen molar-refractivity contribution in [2.45, 2.75) is 38.3 Å². The minimum Gasteiger partial charge on any atom is -0.361 e. The molecule has 1 aliphatic heterocycles. The number of benzene rings is 1. The second-order valence-corrected chi connectivity index (χ2v) is 5.92. The zero-order valence-electron chi connectivity index (χ0n) is 10.7. The van der Waals surface area contributed by atoms with Gasteiger partial charge in [0.2, 0.25) is 0 Å². The number of hydrogen-bond donors (Lipinski definition) is 1. The molecule has 94 valence electrons. The van der Waals surface area contributed by atoms with Crippen LogP contribution in [0.25, 0.3) is 10.9 Å². The largest absolute Gasteiger partial charge is 0.361 e. The monoisotopic (exact) mass is 240 g/mol. The lowest BCUT2D eigenvalue weighted by molar-refractivity contribution is 0.233. The molecule has 0 radical (unpaired) electrons. The van der Waals surface area contributed by atoms with Gasteiger partial charge in [-0.2, -0.15) is 0 Å². The third-order valence-corrected chi connectivity index (χ3v) is 4.88. The minimum absolute atomic E-state index is 0.879. The van der Waals surface area contributed by atoms with Crippen LogP contribution >= 0.6 is 0 Å². The predicted molar refractivity (Wildman–Crippen MR) is 74.5 cm³/mol. The van der Waals surface area contributed by atoms with E-state index in [1.807, 2.05) is 6.20 Å². The Labute approximate surface area is 108 Å². The van der Waals surface area contributed by atoms with E-state index in [2.05, 4.69) is 34.1 Å². The van der Waals surface area contributed by atoms with Gasteiger partial charge in [0.1, 0.15) is 0 Å². The van der Waals surface area contributed by atoms with E-state index in [-0.39, 0.29) is 0 Å². The van der Waals surface area contributed by atoms with Crippen LogP contribution < -0.4 is 0 Å². The molecule has 1 aliphatic carbocycles. The van der Waals surface area contributed by atoms with Gasteiger partial charge in [-0.25, -0.2) is 0 Å². The lowest BCUT2D eigenvalue weighted by Crippen LogP contribution is -2.29. The quantitative estimate of drug-likeness (QED) is 0.850. The molecule has 2 heteroatoms. The number of aromatic amines is 1. The topological polar surface area (TPSA) is 19.0 Å². The fourth-order valence-corrected chi connectivity index (χ4v) is 3.96. The summed E-state index contributed by atoms with van der Waals surface area (Å²) in [7, 11) is 0. The number of aromatic nitrogens is 1. The first kappa shape index (κ1) is 10.6. The highest BCUT2D eigenvalue weighted by molar-refractivity contribution is 5.79. The molecule has 2 heterocycles. The van der Waals surface area contributed by atoms with E-state index in [9.17, 15) is 0 Å². The zero-order valence-corrected chi connectivity index (χ0v) is 10.7. The molecule has 1 saturated heterocycles. The van der Waals surface area contributed by atoms with Crippen LogP contribution in [-0.4, -0.2) is 22.5 Å². The first-order valence-corrected chi connectivity index (χ1v) is 7.20. The van der Waals surface area contributed by atoms with Crippen LogP contribution in [0.15, 0.2) is 30.5 Å². The van der Waals surface area contributed by atoms with Gasteiger partial charge in [0.05, 0.1) is 0 Å². The molecule has 0 amide bonds. The number of fused-ring (bicyclic) bond motifs is 2. The van der Waals surface area contributed by atoms with E-state index < -0.39 is 0 Å². The Hall–Kier alpha value is -1.28. The lowest BCUT2D eigenvalue weighted by atomic mass is 10.0. The predicted octanol–water partition coefficient (Wildman–Crippen LogP) is 3.54. The van der Waals surface area contributed by atoms with Crippen molar-refractivity contribution >= 4 is 10.9 Å². The Morgan fingerprint density at radius 3 is 3.17 bits per heavy atom. The minimum atomic E-state index is 0.879. The van der Waals surface area contributed by atoms with Gasteiger partial charge < -0.3 is 4.98 Å². The molecule has 2 aromatic rings. The maximum atomic E-state index is 3.31. The highest BCUT2D eigenvalue weighted by Gasteiger charge is 2.36. The van der Waals surface area contributed by atoms with Gasteiger partial charge in [0, 0.05) is 24.3 Å². The van der Waals surface area contributed by atoms with Crippen LogP contribution in [0.2, 0.25) is 0 Å². The average molecular weight is 240 g/mol. The molecular formula is C16H20N2. The Bertz CT molecular complexity index is 557. The second kappa shape index (κ2) is 4.13. The van der Waals surface area contributed by atoms with Gasteiger partial charge in [-0.3, -0.25) is 4.90 Å². The molecule has 0 bridgehead atoms. The molecule has 2 nitrogen and oxygen atoms in total. The smallest absolute Gasteiger partial charge is 0.0457 e. The van der Waals surface area contributed by atoms with Crippen molar-refractivity contribution in [1.82, 2.24) is 9.88 Å². The fraction of sp³-hybridized carbons (Fsp3) is 0.500. The summed E-state index contributed by atoms with van der Waals surface area (Å²) < 4.78 is 0. The fourth-order valence-electron chi connectivity index (χ4n) is 3.96. The number of H-pyrrole nitrogens is 1. The maximum Gasteiger partial charge on any atom is 0.0457 e.